The number of sulfonamides is 1. The van der Waals surface area contributed by atoms with Gasteiger partial charge in [-0.15, -0.1) is 0 Å². The third-order valence-corrected chi connectivity index (χ3v) is 8.87. The molecule has 1 aromatic heterocycles. The van der Waals surface area contributed by atoms with Gasteiger partial charge in [0.05, 0.1) is 6.61 Å². The van der Waals surface area contributed by atoms with Crippen LogP contribution in [0, 0.1) is 0 Å². The Kier molecular flexibility index (Phi) is 7.81. The Morgan fingerprint density at radius 2 is 1.77 bits per heavy atom. The molecular formula is C19H32N6O5S. The Morgan fingerprint density at radius 1 is 1.16 bits per heavy atom. The molecule has 0 saturated carbocycles. The van der Waals surface area contributed by atoms with E-state index < -0.39 is 20.7 Å². The first-order valence-corrected chi connectivity index (χ1v) is 12.0. The average molecular weight is 457 g/mol. The number of methoxy groups -OCH3 is 1. The largest absolute Gasteiger partial charge is 0.383 e. The van der Waals surface area contributed by atoms with Crippen LogP contribution in [-0.2, 0) is 26.0 Å². The van der Waals surface area contributed by atoms with E-state index in [4.69, 9.17) is 4.74 Å². The number of ether oxygens (including phenoxy) is 1. The number of piperazine rings is 1. The summed E-state index contributed by atoms with van der Waals surface area (Å²) in [6.45, 7) is 5.44. The lowest BCUT2D eigenvalue weighted by Gasteiger charge is -2.43. The van der Waals surface area contributed by atoms with E-state index in [0.29, 0.717) is 45.3 Å². The normalized spacial score (nSPS) is 20.5. The predicted octanol–water partition coefficient (Wildman–Crippen LogP) is -0.523. The van der Waals surface area contributed by atoms with Crippen molar-refractivity contribution >= 4 is 21.9 Å². The van der Waals surface area contributed by atoms with Gasteiger partial charge in [0.1, 0.15) is 0 Å². The number of hydroxylamine groups is 1. The number of anilines is 1. The minimum absolute atomic E-state index is 0.118. The Hall–Kier alpha value is -1.86. The van der Waals surface area contributed by atoms with Crippen molar-refractivity contribution in [2.75, 3.05) is 64.4 Å². The fourth-order valence-corrected chi connectivity index (χ4v) is 6.25. The molecule has 0 radical (unpaired) electrons. The molecule has 3 rings (SSSR count). The molecule has 174 valence electrons. The highest BCUT2D eigenvalue weighted by Gasteiger charge is 2.55. The summed E-state index contributed by atoms with van der Waals surface area (Å²) in [4.78, 5) is 25.4. The summed E-state index contributed by atoms with van der Waals surface area (Å²) in [7, 11) is -2.37. The quantitative estimate of drug-likeness (QED) is 0.392. The van der Waals surface area contributed by atoms with Gasteiger partial charge in [0.2, 0.25) is 16.0 Å². The number of carbonyl (C=O) groups excluding carboxylic acids is 1. The van der Waals surface area contributed by atoms with Gasteiger partial charge >= 0.3 is 0 Å². The molecule has 1 amide bonds. The number of carbonyl (C=O) groups is 1. The van der Waals surface area contributed by atoms with E-state index >= 15 is 0 Å². The van der Waals surface area contributed by atoms with Gasteiger partial charge in [-0.2, -0.15) is 4.31 Å². The lowest BCUT2D eigenvalue weighted by molar-refractivity contribution is -0.133. The van der Waals surface area contributed by atoms with Crippen LogP contribution in [-0.4, -0.2) is 103 Å². The van der Waals surface area contributed by atoms with Crippen molar-refractivity contribution in [2.45, 2.75) is 30.9 Å². The Labute approximate surface area is 183 Å². The first kappa shape index (κ1) is 23.8. The summed E-state index contributed by atoms with van der Waals surface area (Å²) in [5, 5.41) is 9.31. The van der Waals surface area contributed by atoms with Crippen molar-refractivity contribution < 1.29 is 23.2 Å². The molecule has 31 heavy (non-hydrogen) atoms. The number of nitrogens with one attached hydrogen (secondary N) is 1. The van der Waals surface area contributed by atoms with E-state index in [-0.39, 0.29) is 25.9 Å². The first-order valence-electron chi connectivity index (χ1n) is 10.6. The monoisotopic (exact) mass is 456 g/mol. The summed E-state index contributed by atoms with van der Waals surface area (Å²) in [5.74, 6) is -0.289. The highest BCUT2D eigenvalue weighted by molar-refractivity contribution is 7.91. The molecule has 2 aliphatic heterocycles. The maximum atomic E-state index is 13.6. The Morgan fingerprint density at radius 3 is 2.29 bits per heavy atom. The highest BCUT2D eigenvalue weighted by atomic mass is 32.2. The van der Waals surface area contributed by atoms with Crippen LogP contribution in [0.25, 0.3) is 0 Å². The molecule has 0 unspecified atom stereocenters. The molecule has 0 atom stereocenters. The fourth-order valence-electron chi connectivity index (χ4n) is 4.13. The number of hydrogen-bond acceptors (Lipinski definition) is 9. The number of piperidine rings is 1. The maximum Gasteiger partial charge on any atom is 0.266 e. The minimum atomic E-state index is -3.98. The molecule has 2 fully saturated rings. The van der Waals surface area contributed by atoms with Crippen LogP contribution >= 0.6 is 0 Å². The lowest BCUT2D eigenvalue weighted by Crippen LogP contribution is -2.63. The second kappa shape index (κ2) is 10.2. The predicted molar refractivity (Wildman–Crippen MR) is 114 cm³/mol. The van der Waals surface area contributed by atoms with Gasteiger partial charge in [-0.25, -0.2) is 23.9 Å². The lowest BCUT2D eigenvalue weighted by atomic mass is 9.95. The van der Waals surface area contributed by atoms with E-state index in [0.717, 1.165) is 12.0 Å². The van der Waals surface area contributed by atoms with Crippen LogP contribution < -0.4 is 10.4 Å². The number of amides is 1. The molecule has 0 spiro atoms. The molecule has 1 aromatic rings. The maximum absolute atomic E-state index is 13.6. The number of aryl methyl sites for hydroxylation is 1. The van der Waals surface area contributed by atoms with Crippen LogP contribution in [0.1, 0.15) is 25.3 Å². The molecule has 12 heteroatoms. The van der Waals surface area contributed by atoms with Crippen LogP contribution in [0.3, 0.4) is 0 Å². The van der Waals surface area contributed by atoms with Crippen molar-refractivity contribution in [3.05, 3.63) is 18.0 Å². The number of rotatable bonds is 8. The molecule has 0 aromatic carbocycles. The van der Waals surface area contributed by atoms with E-state index in [1.807, 2.05) is 11.8 Å². The molecule has 11 nitrogen and oxygen atoms in total. The van der Waals surface area contributed by atoms with Gasteiger partial charge in [-0.05, 0) is 24.8 Å². The van der Waals surface area contributed by atoms with Gasteiger partial charge in [0.15, 0.2) is 4.75 Å². The highest BCUT2D eigenvalue weighted by Crippen LogP contribution is 2.34. The average Bonchev–Trinajstić information content (AvgIpc) is 2.82. The first-order chi connectivity index (χ1) is 14.9. The molecule has 3 heterocycles. The second-order valence-corrected chi connectivity index (χ2v) is 10.2. The molecule has 0 bridgehead atoms. The number of likely N-dealkylation sites (tertiary alicyclic amines) is 1. The Balaban J connectivity index is 1.70. The van der Waals surface area contributed by atoms with E-state index in [1.165, 1.54) is 4.31 Å². The van der Waals surface area contributed by atoms with Crippen LogP contribution in [0.5, 0.6) is 0 Å². The summed E-state index contributed by atoms with van der Waals surface area (Å²) >= 11 is 0. The molecule has 0 aliphatic carbocycles. The summed E-state index contributed by atoms with van der Waals surface area (Å²) in [6, 6.07) is 0. The topological polar surface area (TPSA) is 128 Å². The van der Waals surface area contributed by atoms with Gasteiger partial charge in [0, 0.05) is 65.3 Å². The van der Waals surface area contributed by atoms with Crippen LogP contribution in [0.15, 0.2) is 12.4 Å². The molecule has 2 saturated heterocycles. The molecule has 2 N–H and O–H groups in total. The molecule has 2 aliphatic rings. The Bertz CT molecular complexity index is 834. The SMILES string of the molecule is CCc1cnc(N2CCN(S(=O)(=O)C3(C(=O)NO)CCN(CCOC)CC3)CC2)nc1. The number of hydrogen-bond donors (Lipinski definition) is 2. The van der Waals surface area contributed by atoms with Crippen molar-refractivity contribution in [3.8, 4) is 0 Å². The summed E-state index contributed by atoms with van der Waals surface area (Å²) in [5.41, 5.74) is 2.65. The van der Waals surface area contributed by atoms with Crippen LogP contribution in [0.4, 0.5) is 5.95 Å². The van der Waals surface area contributed by atoms with Gasteiger partial charge in [-0.1, -0.05) is 6.92 Å². The van der Waals surface area contributed by atoms with Gasteiger partial charge in [0.25, 0.3) is 5.91 Å². The minimum Gasteiger partial charge on any atom is -0.383 e. The van der Waals surface area contributed by atoms with E-state index in [2.05, 4.69) is 14.9 Å². The second-order valence-electron chi connectivity index (χ2n) is 7.91. The van der Waals surface area contributed by atoms with Crippen molar-refractivity contribution in [1.82, 2.24) is 24.7 Å². The fraction of sp³-hybridized carbons (Fsp3) is 0.737. The third-order valence-electron chi connectivity index (χ3n) is 6.25. The zero-order valence-corrected chi connectivity index (χ0v) is 19.0. The molecular weight excluding hydrogens is 424 g/mol. The number of nitrogens with zero attached hydrogens (tertiary/aromatic N) is 5. The van der Waals surface area contributed by atoms with Gasteiger partial charge < -0.3 is 14.5 Å². The van der Waals surface area contributed by atoms with E-state index in [1.54, 1.807) is 25.0 Å². The van der Waals surface area contributed by atoms with Crippen molar-refractivity contribution in [1.29, 1.82) is 0 Å². The smallest absolute Gasteiger partial charge is 0.266 e. The zero-order chi connectivity index (χ0) is 22.5. The summed E-state index contributed by atoms with van der Waals surface area (Å²) < 4.78 is 31.9. The standard InChI is InChI=1S/C19H32N6O5S/c1-3-16-14-20-18(21-15-16)24-8-10-25(11-9-24)31(28,29)19(17(26)22-27)4-6-23(7-5-19)12-13-30-2/h14-15,27H,3-13H2,1-2H3,(H,22,26). The zero-order valence-electron chi connectivity index (χ0n) is 18.2. The van der Waals surface area contributed by atoms with Gasteiger partial charge in [-0.3, -0.25) is 10.0 Å². The van der Waals surface area contributed by atoms with Crippen molar-refractivity contribution in [2.24, 2.45) is 0 Å². The van der Waals surface area contributed by atoms with Crippen LogP contribution in [0.2, 0.25) is 0 Å². The van der Waals surface area contributed by atoms with E-state index in [9.17, 15) is 18.4 Å². The third kappa shape index (κ3) is 4.82. The summed E-state index contributed by atoms with van der Waals surface area (Å²) in [6.07, 6.45) is 4.65. The number of aromatic nitrogens is 2. The van der Waals surface area contributed by atoms with Crippen molar-refractivity contribution in [3.63, 3.8) is 0 Å².